The SMILES string of the molecule is CN=C(NCCCCNc1ccccn1)NCC(C)c1cccs1.I. The van der Waals surface area contributed by atoms with Gasteiger partial charge in [-0.05, 0) is 36.4 Å². The number of hydrogen-bond acceptors (Lipinski definition) is 4. The monoisotopic (exact) mass is 473 g/mol. The Balaban J connectivity index is 0.00000312. The molecule has 0 saturated carbocycles. The second-order valence-corrected chi connectivity index (χ2v) is 6.62. The number of anilines is 1. The van der Waals surface area contributed by atoms with Gasteiger partial charge in [0, 0.05) is 43.7 Å². The molecule has 5 nitrogen and oxygen atoms in total. The van der Waals surface area contributed by atoms with Crippen molar-refractivity contribution in [3.05, 3.63) is 46.8 Å². The number of pyridine rings is 1. The quantitative estimate of drug-likeness (QED) is 0.224. The molecule has 0 fully saturated rings. The molecule has 1 unspecified atom stereocenters. The van der Waals surface area contributed by atoms with Crippen LogP contribution >= 0.6 is 35.3 Å². The Labute approximate surface area is 171 Å². The summed E-state index contributed by atoms with van der Waals surface area (Å²) in [6.07, 6.45) is 3.98. The Morgan fingerprint density at radius 2 is 2.00 bits per heavy atom. The zero-order chi connectivity index (χ0) is 17.0. The van der Waals surface area contributed by atoms with Crippen molar-refractivity contribution < 1.29 is 0 Å². The third-order valence-electron chi connectivity index (χ3n) is 3.70. The van der Waals surface area contributed by atoms with Crippen molar-refractivity contribution in [3.8, 4) is 0 Å². The fourth-order valence-corrected chi connectivity index (χ4v) is 3.07. The third kappa shape index (κ3) is 8.53. The van der Waals surface area contributed by atoms with E-state index < -0.39 is 0 Å². The highest BCUT2D eigenvalue weighted by atomic mass is 127. The predicted octanol–water partition coefficient (Wildman–Crippen LogP) is 3.92. The summed E-state index contributed by atoms with van der Waals surface area (Å²) in [5.41, 5.74) is 0. The smallest absolute Gasteiger partial charge is 0.190 e. The molecule has 1 atom stereocenters. The van der Waals surface area contributed by atoms with Gasteiger partial charge in [0.1, 0.15) is 5.82 Å². The molecule has 2 heterocycles. The lowest BCUT2D eigenvalue weighted by molar-refractivity contribution is 0.684. The molecule has 3 N–H and O–H groups in total. The lowest BCUT2D eigenvalue weighted by Crippen LogP contribution is -2.39. The fourth-order valence-electron chi connectivity index (χ4n) is 2.28. The highest BCUT2D eigenvalue weighted by Gasteiger charge is 2.07. The molecular weight excluding hydrogens is 445 g/mol. The molecular formula is C18H28IN5S. The van der Waals surface area contributed by atoms with E-state index >= 15 is 0 Å². The van der Waals surface area contributed by atoms with Crippen LogP contribution in [0.1, 0.15) is 30.6 Å². The number of aromatic nitrogens is 1. The van der Waals surface area contributed by atoms with Gasteiger partial charge in [-0.15, -0.1) is 35.3 Å². The summed E-state index contributed by atoms with van der Waals surface area (Å²) in [6.45, 7) is 4.97. The average Bonchev–Trinajstić information content (AvgIpc) is 3.16. The van der Waals surface area contributed by atoms with Crippen LogP contribution in [0.2, 0.25) is 0 Å². The number of unbranched alkanes of at least 4 members (excludes halogenated alkanes) is 1. The van der Waals surface area contributed by atoms with E-state index in [1.807, 2.05) is 25.2 Å². The van der Waals surface area contributed by atoms with E-state index in [4.69, 9.17) is 0 Å². The zero-order valence-electron chi connectivity index (χ0n) is 14.9. The minimum atomic E-state index is 0. The Morgan fingerprint density at radius 1 is 1.16 bits per heavy atom. The van der Waals surface area contributed by atoms with E-state index in [-0.39, 0.29) is 24.0 Å². The summed E-state index contributed by atoms with van der Waals surface area (Å²) < 4.78 is 0. The van der Waals surface area contributed by atoms with E-state index in [0.29, 0.717) is 5.92 Å². The Kier molecular flexibility index (Phi) is 11.2. The molecule has 0 saturated heterocycles. The molecule has 0 aromatic carbocycles. The maximum atomic E-state index is 4.28. The minimum Gasteiger partial charge on any atom is -0.370 e. The first-order valence-corrected chi connectivity index (χ1v) is 9.30. The van der Waals surface area contributed by atoms with Crippen LogP contribution in [0.25, 0.3) is 0 Å². The Morgan fingerprint density at radius 3 is 2.68 bits per heavy atom. The number of halogens is 1. The summed E-state index contributed by atoms with van der Waals surface area (Å²) in [7, 11) is 1.81. The number of aliphatic imine (C=N–C) groups is 1. The van der Waals surface area contributed by atoms with Crippen LogP contribution in [0.5, 0.6) is 0 Å². The van der Waals surface area contributed by atoms with Gasteiger partial charge in [0.2, 0.25) is 0 Å². The van der Waals surface area contributed by atoms with Gasteiger partial charge in [0.15, 0.2) is 5.96 Å². The molecule has 0 radical (unpaired) electrons. The van der Waals surface area contributed by atoms with Gasteiger partial charge in [-0.3, -0.25) is 4.99 Å². The van der Waals surface area contributed by atoms with Gasteiger partial charge in [-0.25, -0.2) is 4.98 Å². The van der Waals surface area contributed by atoms with E-state index in [1.165, 1.54) is 4.88 Å². The van der Waals surface area contributed by atoms with Crippen LogP contribution in [0.3, 0.4) is 0 Å². The maximum Gasteiger partial charge on any atom is 0.190 e. The lowest BCUT2D eigenvalue weighted by Gasteiger charge is -2.15. The highest BCUT2D eigenvalue weighted by Crippen LogP contribution is 2.19. The zero-order valence-corrected chi connectivity index (χ0v) is 18.0. The summed E-state index contributed by atoms with van der Waals surface area (Å²) in [6, 6.07) is 10.2. The van der Waals surface area contributed by atoms with Gasteiger partial charge in [-0.2, -0.15) is 0 Å². The molecule has 138 valence electrons. The van der Waals surface area contributed by atoms with Gasteiger partial charge in [0.25, 0.3) is 0 Å². The van der Waals surface area contributed by atoms with Crippen molar-refractivity contribution in [2.24, 2.45) is 4.99 Å². The van der Waals surface area contributed by atoms with E-state index in [1.54, 1.807) is 17.5 Å². The molecule has 0 aliphatic heterocycles. The van der Waals surface area contributed by atoms with Crippen molar-refractivity contribution in [2.75, 3.05) is 32.0 Å². The van der Waals surface area contributed by atoms with Crippen molar-refractivity contribution >= 4 is 47.1 Å². The lowest BCUT2D eigenvalue weighted by atomic mass is 10.1. The van der Waals surface area contributed by atoms with Gasteiger partial charge < -0.3 is 16.0 Å². The second kappa shape index (κ2) is 12.9. The number of hydrogen-bond donors (Lipinski definition) is 3. The van der Waals surface area contributed by atoms with Gasteiger partial charge in [0.05, 0.1) is 0 Å². The molecule has 0 bridgehead atoms. The first kappa shape index (κ1) is 21.7. The molecule has 0 aliphatic carbocycles. The standard InChI is InChI=1S/C18H27N5S.HI/c1-15(16-8-7-13-24-16)14-23-18(19-2)22-12-6-5-11-21-17-9-3-4-10-20-17;/h3-4,7-10,13,15H,5-6,11-12,14H2,1-2H3,(H,20,21)(H2,19,22,23);1H. The van der Waals surface area contributed by atoms with Crippen molar-refractivity contribution in [2.45, 2.75) is 25.7 Å². The van der Waals surface area contributed by atoms with Crippen LogP contribution < -0.4 is 16.0 Å². The number of nitrogens with zero attached hydrogens (tertiary/aromatic N) is 2. The van der Waals surface area contributed by atoms with Crippen molar-refractivity contribution in [1.29, 1.82) is 0 Å². The molecule has 0 spiro atoms. The third-order valence-corrected chi connectivity index (χ3v) is 4.80. The second-order valence-electron chi connectivity index (χ2n) is 5.65. The molecule has 2 aromatic rings. The summed E-state index contributed by atoms with van der Waals surface area (Å²) in [5.74, 6) is 2.30. The first-order chi connectivity index (χ1) is 11.8. The fraction of sp³-hybridized carbons (Fsp3) is 0.444. The molecule has 0 aliphatic rings. The van der Waals surface area contributed by atoms with E-state index in [2.05, 4.69) is 50.4 Å². The van der Waals surface area contributed by atoms with Gasteiger partial charge in [-0.1, -0.05) is 19.1 Å². The summed E-state index contributed by atoms with van der Waals surface area (Å²) in [5, 5.41) is 12.2. The molecule has 0 amide bonds. The predicted molar refractivity (Wildman–Crippen MR) is 119 cm³/mol. The van der Waals surface area contributed by atoms with E-state index in [0.717, 1.165) is 44.3 Å². The number of nitrogens with one attached hydrogen (secondary N) is 3. The first-order valence-electron chi connectivity index (χ1n) is 8.42. The largest absolute Gasteiger partial charge is 0.370 e. The molecule has 2 rings (SSSR count). The van der Waals surface area contributed by atoms with Crippen molar-refractivity contribution in [3.63, 3.8) is 0 Å². The van der Waals surface area contributed by atoms with Crippen LogP contribution in [0.15, 0.2) is 46.9 Å². The van der Waals surface area contributed by atoms with Crippen LogP contribution in [0.4, 0.5) is 5.82 Å². The van der Waals surface area contributed by atoms with E-state index in [9.17, 15) is 0 Å². The molecule has 2 aromatic heterocycles. The van der Waals surface area contributed by atoms with Crippen molar-refractivity contribution in [1.82, 2.24) is 15.6 Å². The summed E-state index contributed by atoms with van der Waals surface area (Å²) >= 11 is 1.80. The summed E-state index contributed by atoms with van der Waals surface area (Å²) in [4.78, 5) is 9.93. The minimum absolute atomic E-state index is 0. The number of rotatable bonds is 9. The molecule has 25 heavy (non-hydrogen) atoms. The Hall–Kier alpha value is -1.35. The van der Waals surface area contributed by atoms with Crippen LogP contribution in [-0.4, -0.2) is 37.6 Å². The number of guanidine groups is 1. The van der Waals surface area contributed by atoms with Crippen LogP contribution in [-0.2, 0) is 0 Å². The topological polar surface area (TPSA) is 61.3 Å². The van der Waals surface area contributed by atoms with Crippen LogP contribution in [0, 0.1) is 0 Å². The normalized spacial score (nSPS) is 12.2. The Bertz CT molecular complexity index is 589. The molecule has 7 heteroatoms. The van der Waals surface area contributed by atoms with Gasteiger partial charge >= 0.3 is 0 Å². The maximum absolute atomic E-state index is 4.28. The highest BCUT2D eigenvalue weighted by molar-refractivity contribution is 14.0. The average molecular weight is 473 g/mol. The number of thiophene rings is 1.